The van der Waals surface area contributed by atoms with Crippen molar-refractivity contribution in [1.29, 1.82) is 0 Å². The van der Waals surface area contributed by atoms with E-state index in [1.165, 1.54) is 24.3 Å². The number of hydrazone groups is 1. The van der Waals surface area contributed by atoms with Crippen molar-refractivity contribution in [3.8, 4) is 5.69 Å². The second-order valence-electron chi connectivity index (χ2n) is 8.04. The Kier molecular flexibility index (Phi) is 6.96. The van der Waals surface area contributed by atoms with Crippen molar-refractivity contribution >= 4 is 49.6 Å². The molecule has 4 N–H and O–H groups in total. The molecule has 3 aromatic rings. The molecule has 1 amide bonds. The van der Waals surface area contributed by atoms with Gasteiger partial charge in [0.2, 0.25) is 0 Å². The smallest absolute Gasteiger partial charge is 0.357 e. The first-order chi connectivity index (χ1) is 18.2. The summed E-state index contributed by atoms with van der Waals surface area (Å²) in [6.45, 7) is 1.58. The normalized spacial score (nSPS) is 15.4. The molecular weight excluding hydrogens is 556 g/mol. The molecule has 2 aromatic carbocycles. The Bertz CT molecular complexity index is 1860. The van der Waals surface area contributed by atoms with Gasteiger partial charge in [-0.15, -0.1) is 0 Å². The topological polar surface area (TPSA) is 216 Å². The third-order valence-corrected chi connectivity index (χ3v) is 7.23. The fourth-order valence-corrected chi connectivity index (χ4v) is 4.56. The van der Waals surface area contributed by atoms with Crippen LogP contribution in [-0.2, 0) is 29.8 Å². The van der Waals surface area contributed by atoms with Gasteiger partial charge in [-0.1, -0.05) is 6.08 Å². The number of hydrogen-bond donors (Lipinski definition) is 4. The van der Waals surface area contributed by atoms with E-state index >= 15 is 0 Å². The van der Waals surface area contributed by atoms with Crippen LogP contribution in [0.25, 0.3) is 11.8 Å². The number of benzene rings is 2. The van der Waals surface area contributed by atoms with Crippen molar-refractivity contribution in [1.82, 2.24) is 9.78 Å². The molecule has 0 saturated heterocycles. The number of nitrogens with one attached hydrogen (secondary N) is 1. The highest BCUT2D eigenvalue weighted by Gasteiger charge is 2.34. The molecule has 39 heavy (non-hydrogen) atoms. The maximum atomic E-state index is 12.9. The second-order valence-corrected chi connectivity index (χ2v) is 10.9. The quantitative estimate of drug-likeness (QED) is 0.235. The number of nitrogens with zero attached hydrogens (tertiary/aromatic N) is 3. The molecule has 0 atom stereocenters. The van der Waals surface area contributed by atoms with Crippen molar-refractivity contribution in [3.63, 3.8) is 0 Å². The number of allylic oxidation sites excluding steroid dienone is 2. The predicted molar refractivity (Wildman–Crippen MR) is 137 cm³/mol. The molecule has 0 spiro atoms. The zero-order chi connectivity index (χ0) is 28.7. The molecule has 0 saturated carbocycles. The highest BCUT2D eigenvalue weighted by Crippen LogP contribution is 2.25. The van der Waals surface area contributed by atoms with Gasteiger partial charge in [0, 0.05) is 5.69 Å². The van der Waals surface area contributed by atoms with Crippen LogP contribution < -0.4 is 10.6 Å². The lowest BCUT2D eigenvalue weighted by Gasteiger charge is -2.11. The maximum absolute atomic E-state index is 12.9. The number of carbonyl (C=O) groups excluding carboxylic acids is 1. The monoisotopic (exact) mass is 574 g/mol. The van der Waals surface area contributed by atoms with Crippen LogP contribution in [0.2, 0.25) is 0 Å². The van der Waals surface area contributed by atoms with Gasteiger partial charge in [-0.05, 0) is 67.6 Å². The van der Waals surface area contributed by atoms with E-state index in [-0.39, 0.29) is 27.4 Å². The van der Waals surface area contributed by atoms with Crippen LogP contribution in [0.1, 0.15) is 11.3 Å². The van der Waals surface area contributed by atoms with Gasteiger partial charge < -0.3 is 5.11 Å². The van der Waals surface area contributed by atoms with Crippen LogP contribution in [0.15, 0.2) is 85.9 Å². The third-order valence-electron chi connectivity index (χ3n) is 5.50. The van der Waals surface area contributed by atoms with E-state index in [4.69, 9.17) is 9.11 Å². The lowest BCUT2D eigenvalue weighted by molar-refractivity contribution is -0.129. The largest absolute Gasteiger partial charge is 0.476 e. The summed E-state index contributed by atoms with van der Waals surface area (Å²) < 4.78 is 64.3. The molecule has 0 radical (unpaired) electrons. The highest BCUT2D eigenvalue weighted by molar-refractivity contribution is 7.86. The Morgan fingerprint density at radius 1 is 0.897 bits per heavy atom. The second kappa shape index (κ2) is 9.91. The SMILES string of the molecule is Cc1[nH]n(-c2ccc(S(=O)(=O)O)cc2)c(=O)c1/C=C/C=C1/C(=O)N(c2ccc(S(=O)(=O)O)cc2)N=C1C(=O)O. The van der Waals surface area contributed by atoms with Gasteiger partial charge in [-0.3, -0.25) is 23.8 Å². The van der Waals surface area contributed by atoms with Gasteiger partial charge in [0.15, 0.2) is 5.71 Å². The van der Waals surface area contributed by atoms with Crippen molar-refractivity contribution < 1.29 is 40.6 Å². The lowest BCUT2D eigenvalue weighted by Crippen LogP contribution is -2.22. The summed E-state index contributed by atoms with van der Waals surface area (Å²) in [5, 5.41) is 16.9. The molecule has 0 unspecified atom stereocenters. The summed E-state index contributed by atoms with van der Waals surface area (Å²) in [6.07, 6.45) is 3.76. The number of H-pyrrole nitrogens is 1. The number of aryl methyl sites for hydroxylation is 1. The fourth-order valence-electron chi connectivity index (χ4n) is 3.60. The number of carbonyl (C=O) groups is 2. The summed E-state index contributed by atoms with van der Waals surface area (Å²) in [5.74, 6) is -2.34. The van der Waals surface area contributed by atoms with Crippen molar-refractivity contribution in [2.45, 2.75) is 16.7 Å². The number of aliphatic carboxylic acids is 1. The van der Waals surface area contributed by atoms with Crippen LogP contribution in [-0.4, -0.2) is 58.4 Å². The Hall–Kier alpha value is -4.64. The molecule has 0 aliphatic carbocycles. The number of carboxylic acids is 1. The van der Waals surface area contributed by atoms with Crippen molar-refractivity contribution in [2.75, 3.05) is 5.01 Å². The molecule has 1 aliphatic rings. The predicted octanol–water partition coefficient (Wildman–Crippen LogP) is 1.39. The van der Waals surface area contributed by atoms with Gasteiger partial charge in [0.25, 0.3) is 31.7 Å². The molecule has 16 heteroatoms. The van der Waals surface area contributed by atoms with Gasteiger partial charge in [-0.2, -0.15) is 26.9 Å². The average Bonchev–Trinajstić information content (AvgIpc) is 3.34. The first kappa shape index (κ1) is 27.4. The van der Waals surface area contributed by atoms with Crippen LogP contribution >= 0.6 is 0 Å². The van der Waals surface area contributed by atoms with Crippen LogP contribution in [0.3, 0.4) is 0 Å². The molecule has 4 rings (SSSR count). The summed E-state index contributed by atoms with van der Waals surface area (Å²) in [6, 6.07) is 9.21. The van der Waals surface area contributed by atoms with E-state index in [0.29, 0.717) is 5.69 Å². The van der Waals surface area contributed by atoms with Crippen molar-refractivity contribution in [2.24, 2.45) is 5.10 Å². The van der Waals surface area contributed by atoms with Crippen LogP contribution in [0.5, 0.6) is 0 Å². The summed E-state index contributed by atoms with van der Waals surface area (Å²) >= 11 is 0. The van der Waals surface area contributed by atoms with Crippen molar-refractivity contribution in [3.05, 3.63) is 87.9 Å². The minimum absolute atomic E-state index is 0.0444. The maximum Gasteiger partial charge on any atom is 0.357 e. The standard InChI is InChI=1S/C23H18N4O10S2/c1-13-18(21(28)26(24-13)14-5-9-16(10-6-14)38(32,33)34)3-2-4-19-20(23(30)31)25-27(22(19)29)15-7-11-17(12-8-15)39(35,36)37/h2-12,24H,1H3,(H,30,31)(H,32,33,34)(H,35,36,37)/b3-2+,19-4+. The number of aromatic amines is 1. The molecular formula is C23H18N4O10S2. The fraction of sp³-hybridized carbons (Fsp3) is 0.0435. The lowest BCUT2D eigenvalue weighted by atomic mass is 10.1. The number of aromatic nitrogens is 2. The molecule has 0 bridgehead atoms. The summed E-state index contributed by atoms with van der Waals surface area (Å²) in [7, 11) is -8.89. The molecule has 1 aliphatic heterocycles. The number of hydrogen-bond acceptors (Lipinski definition) is 8. The van der Waals surface area contributed by atoms with E-state index in [1.807, 2.05) is 0 Å². The Morgan fingerprint density at radius 3 is 1.90 bits per heavy atom. The molecule has 14 nitrogen and oxygen atoms in total. The summed E-state index contributed by atoms with van der Waals surface area (Å²) in [4.78, 5) is 36.7. The number of carboxylic acid groups (broad SMARTS) is 1. The zero-order valence-corrected chi connectivity index (χ0v) is 21.3. The minimum atomic E-state index is -4.48. The van der Waals surface area contributed by atoms with E-state index in [0.717, 1.165) is 52.2 Å². The van der Waals surface area contributed by atoms with E-state index < -0.39 is 48.3 Å². The molecule has 2 heterocycles. The van der Waals surface area contributed by atoms with Gasteiger partial charge in [0.05, 0.1) is 32.3 Å². The summed E-state index contributed by atoms with van der Waals surface area (Å²) in [5.41, 5.74) is -0.565. The molecule has 0 fully saturated rings. The average molecular weight is 575 g/mol. The Morgan fingerprint density at radius 2 is 1.41 bits per heavy atom. The highest BCUT2D eigenvalue weighted by atomic mass is 32.2. The first-order valence-electron chi connectivity index (χ1n) is 10.7. The number of anilines is 1. The number of rotatable bonds is 7. The zero-order valence-electron chi connectivity index (χ0n) is 19.7. The van der Waals surface area contributed by atoms with Gasteiger partial charge in [0.1, 0.15) is 0 Å². The first-order valence-corrected chi connectivity index (χ1v) is 13.6. The molecule has 202 valence electrons. The van der Waals surface area contributed by atoms with Crippen LogP contribution in [0.4, 0.5) is 5.69 Å². The molecule has 1 aromatic heterocycles. The van der Waals surface area contributed by atoms with E-state index in [2.05, 4.69) is 10.2 Å². The Labute approximate surface area is 220 Å². The van der Waals surface area contributed by atoms with Gasteiger partial charge in [-0.25, -0.2) is 9.48 Å². The Balaban J connectivity index is 1.63. The van der Waals surface area contributed by atoms with E-state index in [9.17, 15) is 36.3 Å². The third kappa shape index (κ3) is 5.48. The van der Waals surface area contributed by atoms with Gasteiger partial charge >= 0.3 is 5.97 Å². The number of amides is 1. The van der Waals surface area contributed by atoms with Crippen LogP contribution in [0, 0.1) is 6.92 Å². The van der Waals surface area contributed by atoms with E-state index in [1.54, 1.807) is 6.92 Å². The minimum Gasteiger partial charge on any atom is -0.476 e.